The van der Waals surface area contributed by atoms with E-state index in [1.807, 2.05) is 0 Å². The molecule has 1 aromatic carbocycles. The molecular formula is C14H21ClFNO. The van der Waals surface area contributed by atoms with Crippen LogP contribution in [0.2, 0.25) is 5.02 Å². The molecule has 0 bridgehead atoms. The van der Waals surface area contributed by atoms with Gasteiger partial charge in [-0.25, -0.2) is 4.39 Å². The lowest BCUT2D eigenvalue weighted by atomic mass is 9.85. The van der Waals surface area contributed by atoms with Gasteiger partial charge in [0.25, 0.3) is 0 Å². The fourth-order valence-electron chi connectivity index (χ4n) is 1.92. The van der Waals surface area contributed by atoms with Crippen LogP contribution >= 0.6 is 11.6 Å². The second-order valence-corrected chi connectivity index (χ2v) is 6.03. The summed E-state index contributed by atoms with van der Waals surface area (Å²) in [5.41, 5.74) is 0.854. The third-order valence-corrected chi connectivity index (χ3v) is 3.16. The maximum absolute atomic E-state index is 13.2. The summed E-state index contributed by atoms with van der Waals surface area (Å²) in [7, 11) is 0. The van der Waals surface area contributed by atoms with Crippen LogP contribution in [-0.4, -0.2) is 17.8 Å². The van der Waals surface area contributed by atoms with E-state index < -0.39 is 0 Å². The van der Waals surface area contributed by atoms with Gasteiger partial charge >= 0.3 is 0 Å². The quantitative estimate of drug-likeness (QED) is 0.862. The van der Waals surface area contributed by atoms with Crippen molar-refractivity contribution in [1.29, 1.82) is 0 Å². The maximum atomic E-state index is 13.2. The molecule has 0 radical (unpaired) electrons. The summed E-state index contributed by atoms with van der Waals surface area (Å²) in [5.74, 6) is -0.325. The Labute approximate surface area is 113 Å². The molecule has 0 spiro atoms. The molecule has 1 aromatic rings. The lowest BCUT2D eigenvalue weighted by Crippen LogP contribution is -2.40. The highest BCUT2D eigenvalue weighted by Gasteiger charge is 2.23. The zero-order chi connectivity index (χ0) is 13.8. The van der Waals surface area contributed by atoms with E-state index in [-0.39, 0.29) is 23.9 Å². The molecule has 102 valence electrons. The molecule has 0 saturated heterocycles. The maximum Gasteiger partial charge on any atom is 0.125 e. The van der Waals surface area contributed by atoms with Gasteiger partial charge in [0, 0.05) is 24.2 Å². The Kier molecular flexibility index (Phi) is 5.57. The zero-order valence-corrected chi connectivity index (χ0v) is 11.9. The Bertz CT molecular complexity index is 370. The molecule has 0 amide bonds. The number of benzene rings is 1. The number of halogens is 2. The van der Waals surface area contributed by atoms with Gasteiger partial charge in [-0.3, -0.25) is 0 Å². The van der Waals surface area contributed by atoms with Crippen LogP contribution in [0.1, 0.15) is 32.8 Å². The van der Waals surface area contributed by atoms with Crippen LogP contribution in [0, 0.1) is 11.2 Å². The highest BCUT2D eigenvalue weighted by Crippen LogP contribution is 2.22. The Morgan fingerprint density at radius 1 is 1.33 bits per heavy atom. The number of hydrogen-bond donors (Lipinski definition) is 2. The van der Waals surface area contributed by atoms with E-state index in [2.05, 4.69) is 26.1 Å². The molecule has 0 aliphatic carbocycles. The minimum absolute atomic E-state index is 0.0415. The van der Waals surface area contributed by atoms with Crippen LogP contribution in [0.5, 0.6) is 0 Å². The predicted octanol–water partition coefficient (Wildman–Crippen LogP) is 3.37. The molecule has 1 unspecified atom stereocenters. The van der Waals surface area contributed by atoms with E-state index in [1.54, 1.807) is 6.07 Å². The summed E-state index contributed by atoms with van der Waals surface area (Å²) in [4.78, 5) is 0. The Morgan fingerprint density at radius 2 is 2.00 bits per heavy atom. The second kappa shape index (κ2) is 6.50. The summed E-state index contributed by atoms with van der Waals surface area (Å²) in [5, 5.41) is 12.8. The Balaban J connectivity index is 2.67. The monoisotopic (exact) mass is 273 g/mol. The highest BCUT2D eigenvalue weighted by atomic mass is 35.5. The van der Waals surface area contributed by atoms with Gasteiger partial charge < -0.3 is 10.4 Å². The van der Waals surface area contributed by atoms with E-state index in [0.29, 0.717) is 18.0 Å². The van der Waals surface area contributed by atoms with Gasteiger partial charge in [-0.1, -0.05) is 32.4 Å². The van der Waals surface area contributed by atoms with Crippen LogP contribution in [0.4, 0.5) is 4.39 Å². The van der Waals surface area contributed by atoms with E-state index in [9.17, 15) is 4.39 Å². The van der Waals surface area contributed by atoms with Crippen LogP contribution in [-0.2, 0) is 6.54 Å². The van der Waals surface area contributed by atoms with E-state index in [0.717, 1.165) is 5.56 Å². The third kappa shape index (κ3) is 4.92. The largest absolute Gasteiger partial charge is 0.396 e. The lowest BCUT2D eigenvalue weighted by molar-refractivity contribution is 0.196. The van der Waals surface area contributed by atoms with Crippen molar-refractivity contribution >= 4 is 11.6 Å². The molecule has 2 nitrogen and oxygen atoms in total. The zero-order valence-electron chi connectivity index (χ0n) is 11.1. The van der Waals surface area contributed by atoms with E-state index in [4.69, 9.17) is 16.7 Å². The molecule has 0 fully saturated rings. The minimum Gasteiger partial charge on any atom is -0.396 e. The standard InChI is InChI=1S/C14H21ClFNO/c1-14(2,3)13(4-5-18)17-9-10-6-11(15)8-12(16)7-10/h6-8,13,17-18H,4-5,9H2,1-3H3. The summed E-state index contributed by atoms with van der Waals surface area (Å²) >= 11 is 5.81. The lowest BCUT2D eigenvalue weighted by Gasteiger charge is -2.31. The molecule has 1 rings (SSSR count). The summed E-state index contributed by atoms with van der Waals surface area (Å²) in [6.07, 6.45) is 0.673. The minimum atomic E-state index is -0.325. The normalized spacial score (nSPS) is 13.7. The molecule has 0 aliphatic heterocycles. The molecule has 0 heterocycles. The summed E-state index contributed by atoms with van der Waals surface area (Å²) in [6.45, 7) is 7.01. The van der Waals surface area contributed by atoms with Crippen molar-refractivity contribution in [2.45, 2.75) is 39.8 Å². The SMILES string of the molecule is CC(C)(C)C(CCO)NCc1cc(F)cc(Cl)c1. The number of nitrogens with one attached hydrogen (secondary N) is 1. The van der Waals surface area contributed by atoms with E-state index in [1.165, 1.54) is 12.1 Å². The number of hydrogen-bond acceptors (Lipinski definition) is 2. The third-order valence-electron chi connectivity index (χ3n) is 2.94. The van der Waals surface area contributed by atoms with Crippen molar-refractivity contribution in [3.8, 4) is 0 Å². The van der Waals surface area contributed by atoms with Crippen molar-refractivity contribution in [1.82, 2.24) is 5.32 Å². The van der Waals surface area contributed by atoms with Crippen molar-refractivity contribution < 1.29 is 9.50 Å². The van der Waals surface area contributed by atoms with Crippen molar-refractivity contribution in [3.63, 3.8) is 0 Å². The number of aliphatic hydroxyl groups excluding tert-OH is 1. The van der Waals surface area contributed by atoms with E-state index >= 15 is 0 Å². The number of rotatable bonds is 5. The molecule has 0 aromatic heterocycles. The van der Waals surface area contributed by atoms with Gasteiger partial charge in [-0.05, 0) is 35.6 Å². The van der Waals surface area contributed by atoms with Gasteiger partial charge in [-0.15, -0.1) is 0 Å². The second-order valence-electron chi connectivity index (χ2n) is 5.59. The highest BCUT2D eigenvalue weighted by molar-refractivity contribution is 6.30. The first-order valence-electron chi connectivity index (χ1n) is 6.12. The van der Waals surface area contributed by atoms with Crippen LogP contribution in [0.25, 0.3) is 0 Å². The molecule has 1 atom stereocenters. The van der Waals surface area contributed by atoms with Crippen LogP contribution < -0.4 is 5.32 Å². The average Bonchev–Trinajstić information content (AvgIpc) is 2.21. The van der Waals surface area contributed by atoms with Gasteiger partial charge in [0.1, 0.15) is 5.82 Å². The van der Waals surface area contributed by atoms with Crippen molar-refractivity contribution in [2.75, 3.05) is 6.61 Å². The van der Waals surface area contributed by atoms with Gasteiger partial charge in [0.2, 0.25) is 0 Å². The van der Waals surface area contributed by atoms with Gasteiger partial charge in [-0.2, -0.15) is 0 Å². The first kappa shape index (κ1) is 15.4. The molecule has 0 saturated carbocycles. The van der Waals surface area contributed by atoms with Crippen LogP contribution in [0.3, 0.4) is 0 Å². The van der Waals surface area contributed by atoms with Gasteiger partial charge in [0.15, 0.2) is 0 Å². The average molecular weight is 274 g/mol. The van der Waals surface area contributed by atoms with Crippen LogP contribution in [0.15, 0.2) is 18.2 Å². The number of aliphatic hydroxyl groups is 1. The van der Waals surface area contributed by atoms with Crippen molar-refractivity contribution in [3.05, 3.63) is 34.6 Å². The Hall–Kier alpha value is -0.640. The molecule has 0 aliphatic rings. The molecule has 4 heteroatoms. The molecule has 18 heavy (non-hydrogen) atoms. The first-order valence-corrected chi connectivity index (χ1v) is 6.50. The molecular weight excluding hydrogens is 253 g/mol. The fraction of sp³-hybridized carbons (Fsp3) is 0.571. The summed E-state index contributed by atoms with van der Waals surface area (Å²) < 4.78 is 13.2. The Morgan fingerprint density at radius 3 is 2.50 bits per heavy atom. The smallest absolute Gasteiger partial charge is 0.125 e. The fourth-order valence-corrected chi connectivity index (χ4v) is 2.17. The predicted molar refractivity (Wildman–Crippen MR) is 73.2 cm³/mol. The topological polar surface area (TPSA) is 32.3 Å². The first-order chi connectivity index (χ1) is 8.32. The molecule has 2 N–H and O–H groups in total. The van der Waals surface area contributed by atoms with Crippen molar-refractivity contribution in [2.24, 2.45) is 5.41 Å². The summed E-state index contributed by atoms with van der Waals surface area (Å²) in [6, 6.07) is 4.68. The van der Waals surface area contributed by atoms with Gasteiger partial charge in [0.05, 0.1) is 0 Å².